The number of carbonyl (C=O) groups excluding carboxylic acids is 1. The van der Waals surface area contributed by atoms with E-state index in [1.807, 2.05) is 64.3 Å². The van der Waals surface area contributed by atoms with E-state index >= 15 is 0 Å². The molecule has 1 aliphatic heterocycles. The highest BCUT2D eigenvalue weighted by Crippen LogP contribution is 2.24. The Labute approximate surface area is 172 Å². The molecule has 29 heavy (non-hydrogen) atoms. The molecular formula is C24H29N4O+. The van der Waals surface area contributed by atoms with Crippen LogP contribution in [0.4, 0.5) is 0 Å². The third kappa shape index (κ3) is 4.57. The average molecular weight is 390 g/mol. The molecule has 1 amide bonds. The molecular weight excluding hydrogens is 360 g/mol. The molecule has 0 unspecified atom stereocenters. The van der Waals surface area contributed by atoms with Crippen LogP contribution in [0.3, 0.4) is 0 Å². The van der Waals surface area contributed by atoms with Gasteiger partial charge in [-0.15, -0.1) is 0 Å². The van der Waals surface area contributed by atoms with E-state index < -0.39 is 0 Å². The summed E-state index contributed by atoms with van der Waals surface area (Å²) in [6.45, 7) is 7.74. The highest BCUT2D eigenvalue weighted by Gasteiger charge is 2.27. The summed E-state index contributed by atoms with van der Waals surface area (Å²) in [4.78, 5) is 17.0. The van der Waals surface area contributed by atoms with Crippen LogP contribution in [0, 0.1) is 0 Å². The summed E-state index contributed by atoms with van der Waals surface area (Å²) >= 11 is 0. The zero-order valence-electron chi connectivity index (χ0n) is 17.1. The first kappa shape index (κ1) is 19.4. The van der Waals surface area contributed by atoms with Gasteiger partial charge in [-0.1, -0.05) is 67.6 Å². The van der Waals surface area contributed by atoms with Crippen molar-refractivity contribution in [2.75, 3.05) is 32.7 Å². The molecule has 3 aromatic rings. The molecule has 1 aromatic heterocycles. The zero-order chi connectivity index (χ0) is 20.1. The second-order valence-corrected chi connectivity index (χ2v) is 7.73. The maximum Gasteiger partial charge on any atom is 0.258 e. The minimum atomic E-state index is 0.0960. The number of rotatable bonds is 6. The minimum absolute atomic E-state index is 0.0960. The van der Waals surface area contributed by atoms with Crippen molar-refractivity contribution in [3.8, 4) is 11.3 Å². The molecule has 2 aromatic carbocycles. The highest BCUT2D eigenvalue weighted by atomic mass is 16.2. The summed E-state index contributed by atoms with van der Waals surface area (Å²) < 4.78 is 1.89. The number of carbonyl (C=O) groups is 1. The van der Waals surface area contributed by atoms with Crippen molar-refractivity contribution in [3.63, 3.8) is 0 Å². The second kappa shape index (κ2) is 9.05. The van der Waals surface area contributed by atoms with Gasteiger partial charge in [-0.25, -0.2) is 0 Å². The lowest BCUT2D eigenvalue weighted by molar-refractivity contribution is -0.904. The fourth-order valence-electron chi connectivity index (χ4n) is 4.04. The van der Waals surface area contributed by atoms with Crippen molar-refractivity contribution >= 4 is 5.91 Å². The van der Waals surface area contributed by atoms with Crippen LogP contribution < -0.4 is 4.90 Å². The molecule has 0 radical (unpaired) electrons. The highest BCUT2D eigenvalue weighted by molar-refractivity contribution is 5.99. The Morgan fingerprint density at radius 2 is 1.66 bits per heavy atom. The number of amides is 1. The van der Waals surface area contributed by atoms with E-state index in [1.54, 1.807) is 4.90 Å². The van der Waals surface area contributed by atoms with E-state index in [-0.39, 0.29) is 5.91 Å². The molecule has 1 fully saturated rings. The van der Waals surface area contributed by atoms with Crippen LogP contribution in [0.15, 0.2) is 66.9 Å². The summed E-state index contributed by atoms with van der Waals surface area (Å²) in [5.74, 6) is 0.0960. The average Bonchev–Trinajstić information content (AvgIpc) is 3.19. The van der Waals surface area contributed by atoms with E-state index in [1.165, 1.54) is 18.5 Å². The van der Waals surface area contributed by atoms with Gasteiger partial charge < -0.3 is 9.80 Å². The number of nitrogens with one attached hydrogen (secondary N) is 1. The summed E-state index contributed by atoms with van der Waals surface area (Å²) in [6.07, 6.45) is 3.11. The SMILES string of the molecule is CCC[NH+]1CCN(C(=O)c2cn(Cc3ccccc3)nc2-c2ccccc2)CC1. The molecule has 1 N–H and O–H groups in total. The van der Waals surface area contributed by atoms with Gasteiger partial charge in [-0.2, -0.15) is 5.10 Å². The first-order valence-electron chi connectivity index (χ1n) is 10.5. The van der Waals surface area contributed by atoms with Crippen LogP contribution >= 0.6 is 0 Å². The standard InChI is InChI=1S/C24H28N4O/c1-2-13-26-14-16-27(17-15-26)24(29)22-19-28(18-20-9-5-3-6-10-20)25-23(22)21-11-7-4-8-12-21/h3-12,19H,2,13-18H2,1H3/p+1. The van der Waals surface area contributed by atoms with Crippen molar-refractivity contribution in [2.45, 2.75) is 19.9 Å². The Balaban J connectivity index is 1.60. The van der Waals surface area contributed by atoms with Crippen LogP contribution in [0.1, 0.15) is 29.3 Å². The molecule has 5 heteroatoms. The summed E-state index contributed by atoms with van der Waals surface area (Å²) in [7, 11) is 0. The number of piperazine rings is 1. The van der Waals surface area contributed by atoms with E-state index in [9.17, 15) is 4.79 Å². The predicted molar refractivity (Wildman–Crippen MR) is 115 cm³/mol. The maximum atomic E-state index is 13.4. The third-order valence-corrected chi connectivity index (χ3v) is 5.59. The van der Waals surface area contributed by atoms with E-state index in [2.05, 4.69) is 19.1 Å². The first-order valence-corrected chi connectivity index (χ1v) is 10.5. The summed E-state index contributed by atoms with van der Waals surface area (Å²) in [6, 6.07) is 20.3. The number of aromatic nitrogens is 2. The molecule has 0 bridgehead atoms. The third-order valence-electron chi connectivity index (χ3n) is 5.59. The van der Waals surface area contributed by atoms with Gasteiger partial charge in [0, 0.05) is 11.8 Å². The smallest absolute Gasteiger partial charge is 0.258 e. The molecule has 0 aliphatic carbocycles. The fraction of sp³-hybridized carbons (Fsp3) is 0.333. The van der Waals surface area contributed by atoms with Crippen LogP contribution in [-0.2, 0) is 6.54 Å². The zero-order valence-corrected chi connectivity index (χ0v) is 17.1. The van der Waals surface area contributed by atoms with Gasteiger partial charge in [0.1, 0.15) is 5.69 Å². The molecule has 1 saturated heterocycles. The summed E-state index contributed by atoms with van der Waals surface area (Å²) in [5.41, 5.74) is 3.63. The van der Waals surface area contributed by atoms with E-state index in [4.69, 9.17) is 5.10 Å². The number of hydrogen-bond acceptors (Lipinski definition) is 2. The first-order chi connectivity index (χ1) is 14.2. The molecule has 5 nitrogen and oxygen atoms in total. The van der Waals surface area contributed by atoms with Gasteiger partial charge in [0.15, 0.2) is 0 Å². The maximum absolute atomic E-state index is 13.4. The fourth-order valence-corrected chi connectivity index (χ4v) is 4.04. The topological polar surface area (TPSA) is 42.6 Å². The molecule has 0 spiro atoms. The lowest BCUT2D eigenvalue weighted by Gasteiger charge is -2.32. The lowest BCUT2D eigenvalue weighted by Crippen LogP contribution is -3.14. The molecule has 1 aliphatic rings. The van der Waals surface area contributed by atoms with Crippen molar-refractivity contribution in [2.24, 2.45) is 0 Å². The Kier molecular flexibility index (Phi) is 6.06. The van der Waals surface area contributed by atoms with Crippen molar-refractivity contribution < 1.29 is 9.69 Å². The lowest BCUT2D eigenvalue weighted by atomic mass is 10.1. The van der Waals surface area contributed by atoms with Crippen LogP contribution in [0.2, 0.25) is 0 Å². The summed E-state index contributed by atoms with van der Waals surface area (Å²) in [5, 5.41) is 4.80. The Bertz CT molecular complexity index is 928. The van der Waals surface area contributed by atoms with Gasteiger partial charge in [-0.3, -0.25) is 9.48 Å². The Morgan fingerprint density at radius 1 is 1.00 bits per heavy atom. The Hall–Kier alpha value is -2.92. The Morgan fingerprint density at radius 3 is 2.31 bits per heavy atom. The molecule has 0 saturated carbocycles. The predicted octanol–water partition coefficient (Wildman–Crippen LogP) is 2.35. The monoisotopic (exact) mass is 389 g/mol. The molecule has 2 heterocycles. The number of benzene rings is 2. The van der Waals surface area contributed by atoms with Gasteiger partial charge in [-0.05, 0) is 12.0 Å². The van der Waals surface area contributed by atoms with Gasteiger partial charge in [0.05, 0.1) is 44.8 Å². The normalized spacial score (nSPS) is 14.9. The van der Waals surface area contributed by atoms with Crippen molar-refractivity contribution in [1.29, 1.82) is 0 Å². The van der Waals surface area contributed by atoms with Gasteiger partial charge in [0.25, 0.3) is 5.91 Å². The van der Waals surface area contributed by atoms with E-state index in [0.29, 0.717) is 12.1 Å². The largest absolute Gasteiger partial charge is 0.332 e. The number of hydrogen-bond donors (Lipinski definition) is 1. The van der Waals surface area contributed by atoms with Crippen LogP contribution in [0.5, 0.6) is 0 Å². The minimum Gasteiger partial charge on any atom is -0.332 e. The quantitative estimate of drug-likeness (QED) is 0.703. The molecule has 0 atom stereocenters. The van der Waals surface area contributed by atoms with E-state index in [0.717, 1.165) is 37.4 Å². The molecule has 150 valence electrons. The van der Waals surface area contributed by atoms with Gasteiger partial charge in [0.2, 0.25) is 0 Å². The van der Waals surface area contributed by atoms with Crippen molar-refractivity contribution in [3.05, 3.63) is 78.0 Å². The second-order valence-electron chi connectivity index (χ2n) is 7.73. The number of nitrogens with zero attached hydrogens (tertiary/aromatic N) is 3. The number of quaternary nitrogens is 1. The van der Waals surface area contributed by atoms with Crippen molar-refractivity contribution in [1.82, 2.24) is 14.7 Å². The van der Waals surface area contributed by atoms with Gasteiger partial charge >= 0.3 is 0 Å². The van der Waals surface area contributed by atoms with Crippen LogP contribution in [0.25, 0.3) is 11.3 Å². The molecule has 4 rings (SSSR count). The van der Waals surface area contributed by atoms with Crippen LogP contribution in [-0.4, -0.2) is 53.3 Å².